The standard InChI is InChI=1S/C25H28N2O7S2/c1-19(28)26(20-10-5-4-6-11-20)15-8-7-12-24-25(2,3)22-18-21(36(32,33)34)13-14-23(22)27(24)16-9-17-35(29,30)31/h4-8,10-15,18H,9,16-17H2,1-3H3,(H-,29,30,31,32,33,34). The van der Waals surface area contributed by atoms with Crippen LogP contribution in [-0.2, 0) is 30.4 Å². The molecule has 2 aromatic carbocycles. The molecule has 0 atom stereocenters. The van der Waals surface area contributed by atoms with E-state index < -0.39 is 31.4 Å². The number of benzene rings is 2. The fourth-order valence-corrected chi connectivity index (χ4v) is 5.19. The van der Waals surface area contributed by atoms with Crippen molar-refractivity contribution in [2.45, 2.75) is 37.5 Å². The highest BCUT2D eigenvalue weighted by atomic mass is 32.2. The molecule has 0 fully saturated rings. The van der Waals surface area contributed by atoms with Crippen LogP contribution in [0.3, 0.4) is 0 Å². The van der Waals surface area contributed by atoms with Gasteiger partial charge in [-0.15, -0.1) is 0 Å². The van der Waals surface area contributed by atoms with E-state index >= 15 is 0 Å². The van der Waals surface area contributed by atoms with Crippen LogP contribution < -0.4 is 4.90 Å². The van der Waals surface area contributed by atoms with Gasteiger partial charge in [0, 0.05) is 42.9 Å². The third-order valence-corrected chi connectivity index (χ3v) is 7.55. The molecule has 1 N–H and O–H groups in total. The number of nitrogens with zero attached hydrogens (tertiary/aromatic N) is 2. The van der Waals surface area contributed by atoms with Crippen LogP contribution in [0, 0.1) is 0 Å². The van der Waals surface area contributed by atoms with E-state index in [0.29, 0.717) is 16.9 Å². The molecular weight excluding hydrogens is 504 g/mol. The first-order chi connectivity index (χ1) is 16.7. The number of carbonyl (C=O) groups is 1. The van der Waals surface area contributed by atoms with Crippen molar-refractivity contribution < 1.29 is 35.3 Å². The van der Waals surface area contributed by atoms with Gasteiger partial charge in [-0.05, 0) is 44.2 Å². The highest BCUT2D eigenvalue weighted by Crippen LogP contribution is 2.41. The van der Waals surface area contributed by atoms with Gasteiger partial charge in [0.1, 0.15) is 16.7 Å². The van der Waals surface area contributed by atoms with Gasteiger partial charge in [-0.3, -0.25) is 14.2 Å². The van der Waals surface area contributed by atoms with Crippen molar-refractivity contribution in [2.24, 2.45) is 0 Å². The zero-order chi connectivity index (χ0) is 26.7. The molecule has 1 aliphatic heterocycles. The predicted molar refractivity (Wildman–Crippen MR) is 136 cm³/mol. The average molecular weight is 533 g/mol. The minimum absolute atomic E-state index is 0.120. The molecule has 11 heteroatoms. The summed E-state index contributed by atoms with van der Waals surface area (Å²) in [7, 11) is -8.82. The van der Waals surface area contributed by atoms with Crippen molar-refractivity contribution in [3.63, 3.8) is 0 Å². The number of hydrogen-bond acceptors (Lipinski definition) is 6. The van der Waals surface area contributed by atoms with Crippen molar-refractivity contribution in [3.05, 3.63) is 78.5 Å². The van der Waals surface area contributed by atoms with Crippen LogP contribution in [0.4, 0.5) is 11.4 Å². The minimum atomic E-state index is -4.67. The highest BCUT2D eigenvalue weighted by Gasteiger charge is 2.44. The summed E-state index contributed by atoms with van der Waals surface area (Å²) < 4.78 is 68.3. The van der Waals surface area contributed by atoms with E-state index in [1.165, 1.54) is 30.0 Å². The summed E-state index contributed by atoms with van der Waals surface area (Å²) in [6.07, 6.45) is 6.94. The van der Waals surface area contributed by atoms with Crippen LogP contribution in [0.2, 0.25) is 0 Å². The van der Waals surface area contributed by atoms with Crippen molar-refractivity contribution >= 4 is 43.2 Å². The minimum Gasteiger partial charge on any atom is -0.744 e. The summed E-state index contributed by atoms with van der Waals surface area (Å²) in [6, 6.07) is 13.2. The van der Waals surface area contributed by atoms with E-state index in [-0.39, 0.29) is 23.8 Å². The molecular formula is C25H28N2O7S2. The van der Waals surface area contributed by atoms with E-state index in [0.717, 1.165) is 5.71 Å². The Bertz CT molecular complexity index is 1460. The molecule has 9 nitrogen and oxygen atoms in total. The lowest BCUT2D eigenvalue weighted by Crippen LogP contribution is -2.28. The quantitative estimate of drug-likeness (QED) is 0.297. The van der Waals surface area contributed by atoms with Crippen molar-refractivity contribution in [1.82, 2.24) is 0 Å². The monoisotopic (exact) mass is 532 g/mol. The molecule has 0 radical (unpaired) electrons. The molecule has 1 heterocycles. The third kappa shape index (κ3) is 6.35. The fraction of sp³-hybridized carbons (Fsp3) is 0.280. The Morgan fingerprint density at radius 3 is 2.33 bits per heavy atom. The second kappa shape index (κ2) is 10.5. The van der Waals surface area contributed by atoms with Crippen molar-refractivity contribution in [3.8, 4) is 0 Å². The number of rotatable bonds is 9. The van der Waals surface area contributed by atoms with Crippen LogP contribution in [0.25, 0.3) is 0 Å². The maximum absolute atomic E-state index is 12.1. The zero-order valence-electron chi connectivity index (χ0n) is 20.2. The number of anilines is 1. The second-order valence-electron chi connectivity index (χ2n) is 8.86. The van der Waals surface area contributed by atoms with Gasteiger partial charge >= 0.3 is 0 Å². The maximum Gasteiger partial charge on any atom is 0.265 e. The molecule has 1 amide bonds. The number of allylic oxidation sites excluding steroid dienone is 3. The lowest BCUT2D eigenvalue weighted by molar-refractivity contribution is -0.437. The van der Waals surface area contributed by atoms with Gasteiger partial charge in [0.2, 0.25) is 11.6 Å². The van der Waals surface area contributed by atoms with Crippen LogP contribution in [-0.4, -0.2) is 54.4 Å². The third-order valence-electron chi connectivity index (χ3n) is 5.91. The molecule has 0 aliphatic carbocycles. The van der Waals surface area contributed by atoms with Crippen molar-refractivity contribution in [1.29, 1.82) is 0 Å². The molecule has 2 aromatic rings. The van der Waals surface area contributed by atoms with E-state index in [2.05, 4.69) is 0 Å². The fourth-order valence-electron chi connectivity index (χ4n) is 4.20. The van der Waals surface area contributed by atoms with Gasteiger partial charge in [-0.25, -0.2) is 8.42 Å². The summed E-state index contributed by atoms with van der Waals surface area (Å²) in [4.78, 5) is 13.2. The lowest BCUT2D eigenvalue weighted by Gasteiger charge is -2.17. The predicted octanol–water partition coefficient (Wildman–Crippen LogP) is 3.37. The molecule has 0 saturated heterocycles. The van der Waals surface area contributed by atoms with Crippen LogP contribution in [0.15, 0.2) is 77.9 Å². The first kappa shape index (κ1) is 27.5. The molecule has 0 aromatic heterocycles. The maximum atomic E-state index is 12.1. The topological polar surface area (TPSA) is 135 Å². The van der Waals surface area contributed by atoms with Gasteiger partial charge in [0.05, 0.1) is 16.1 Å². The van der Waals surface area contributed by atoms with Gasteiger partial charge in [0.15, 0.2) is 5.71 Å². The Kier molecular flexibility index (Phi) is 7.99. The molecule has 3 rings (SSSR count). The Balaban J connectivity index is 1.99. The Morgan fingerprint density at radius 2 is 1.75 bits per heavy atom. The molecule has 0 bridgehead atoms. The first-order valence-corrected chi connectivity index (χ1v) is 14.1. The number of fused-ring (bicyclic) bond motifs is 1. The van der Waals surface area contributed by atoms with Gasteiger partial charge in [0.25, 0.3) is 10.1 Å². The lowest BCUT2D eigenvalue weighted by atomic mass is 9.81. The van der Waals surface area contributed by atoms with Crippen LogP contribution >= 0.6 is 0 Å². The molecule has 0 unspecified atom stereocenters. The van der Waals surface area contributed by atoms with Gasteiger partial charge in [-0.2, -0.15) is 13.0 Å². The molecule has 0 saturated carbocycles. The average Bonchev–Trinajstić information content (AvgIpc) is 2.98. The van der Waals surface area contributed by atoms with Crippen LogP contribution in [0.1, 0.15) is 32.8 Å². The highest BCUT2D eigenvalue weighted by molar-refractivity contribution is 7.86. The van der Waals surface area contributed by atoms with Crippen molar-refractivity contribution in [2.75, 3.05) is 17.2 Å². The summed E-state index contributed by atoms with van der Waals surface area (Å²) >= 11 is 0. The summed E-state index contributed by atoms with van der Waals surface area (Å²) in [6.45, 7) is 5.41. The Labute approximate surface area is 211 Å². The van der Waals surface area contributed by atoms with E-state index in [4.69, 9.17) is 4.55 Å². The number of para-hydroxylation sites is 1. The van der Waals surface area contributed by atoms with Gasteiger partial charge in [-0.1, -0.05) is 24.3 Å². The van der Waals surface area contributed by atoms with E-state index in [9.17, 15) is 26.2 Å². The summed E-state index contributed by atoms with van der Waals surface area (Å²) in [5.74, 6) is -0.612. The summed E-state index contributed by atoms with van der Waals surface area (Å²) in [5, 5.41) is 0. The first-order valence-electron chi connectivity index (χ1n) is 11.1. The molecule has 1 aliphatic rings. The smallest absolute Gasteiger partial charge is 0.265 e. The van der Waals surface area contributed by atoms with Crippen LogP contribution in [0.5, 0.6) is 0 Å². The molecule has 36 heavy (non-hydrogen) atoms. The normalized spacial score (nSPS) is 15.6. The number of carbonyl (C=O) groups excluding carboxylic acids is 1. The molecule has 192 valence electrons. The van der Waals surface area contributed by atoms with E-state index in [1.54, 1.807) is 36.6 Å². The Morgan fingerprint density at radius 1 is 1.08 bits per heavy atom. The largest absolute Gasteiger partial charge is 0.744 e. The number of amides is 1. The zero-order valence-corrected chi connectivity index (χ0v) is 21.8. The van der Waals surface area contributed by atoms with Gasteiger partial charge < -0.3 is 4.55 Å². The number of hydrogen-bond donors (Lipinski definition) is 1. The van der Waals surface area contributed by atoms with E-state index in [1.807, 2.05) is 36.6 Å². The Hall–Kier alpha value is -3.12. The SMILES string of the molecule is CC(=O)N(/C=C/C=C/C1=[N+](CCCS(=O)(=O)O)c2ccc(S(=O)(=O)[O-])cc2C1(C)C)c1ccccc1. The molecule has 0 spiro atoms. The summed E-state index contributed by atoms with van der Waals surface area (Å²) in [5.41, 5.74) is 1.95. The second-order valence-corrected chi connectivity index (χ2v) is 11.8.